The highest BCUT2D eigenvalue weighted by Gasteiger charge is 2.39. The molecule has 2 N–H and O–H groups in total. The largest absolute Gasteiger partial charge is 0.382 e. The van der Waals surface area contributed by atoms with E-state index in [2.05, 4.69) is 39.7 Å². The minimum absolute atomic E-state index is 0.0404. The summed E-state index contributed by atoms with van der Waals surface area (Å²) in [5.41, 5.74) is 2.31. The average Bonchev–Trinajstić information content (AvgIpc) is 3.20. The van der Waals surface area contributed by atoms with Gasteiger partial charge in [-0.15, -0.1) is 10.2 Å². The van der Waals surface area contributed by atoms with E-state index in [1.807, 2.05) is 24.3 Å². The van der Waals surface area contributed by atoms with Crippen molar-refractivity contribution in [3.05, 3.63) is 29.3 Å². The van der Waals surface area contributed by atoms with Crippen molar-refractivity contribution in [1.82, 2.24) is 25.0 Å². The van der Waals surface area contributed by atoms with E-state index in [-0.39, 0.29) is 11.8 Å². The van der Waals surface area contributed by atoms with E-state index in [4.69, 9.17) is 0 Å². The summed E-state index contributed by atoms with van der Waals surface area (Å²) in [5.74, 6) is -2.32. The molecule has 1 saturated carbocycles. The van der Waals surface area contributed by atoms with E-state index < -0.39 is 12.5 Å². The molecule has 1 amide bonds. The zero-order chi connectivity index (χ0) is 24.7. The highest BCUT2D eigenvalue weighted by atomic mass is 32.1. The van der Waals surface area contributed by atoms with Gasteiger partial charge >= 0.3 is 0 Å². The molecule has 1 aliphatic carbocycles. The Bertz CT molecular complexity index is 1210. The summed E-state index contributed by atoms with van der Waals surface area (Å²) in [4.78, 5) is 14.5. The third-order valence-electron chi connectivity index (χ3n) is 7.01. The Morgan fingerprint density at radius 2 is 2.00 bits per heavy atom. The van der Waals surface area contributed by atoms with Gasteiger partial charge in [-0.3, -0.25) is 4.79 Å². The van der Waals surface area contributed by atoms with Gasteiger partial charge in [0.25, 0.3) is 5.92 Å². The molecule has 0 radical (unpaired) electrons. The standard InChI is InChI=1S/C25H32F2N6OS/c1-15-11-17(15)23(34)28-13-22-30-31-24(35-22)21-12-18-19(29-16-7-9-32(3)10-8-16)5-4-6-20(18)33(21)14-25(2,26)27/h4-6,12,15-17,29H,7-11,13-14H2,1-3H3,(H,28,34)/t15-,17-/m1/s1. The molecule has 3 heterocycles. The van der Waals surface area contributed by atoms with Crippen molar-refractivity contribution in [2.24, 2.45) is 11.8 Å². The second kappa shape index (κ2) is 9.46. The molecule has 2 aliphatic rings. The van der Waals surface area contributed by atoms with E-state index in [1.54, 1.807) is 4.57 Å². The molecule has 188 valence electrons. The van der Waals surface area contributed by atoms with Crippen molar-refractivity contribution in [3.8, 4) is 10.7 Å². The van der Waals surface area contributed by atoms with E-state index in [0.717, 1.165) is 55.9 Å². The number of carbonyl (C=O) groups excluding carboxylic acids is 1. The molecule has 2 fully saturated rings. The van der Waals surface area contributed by atoms with Crippen LogP contribution in [0.1, 0.15) is 38.1 Å². The van der Waals surface area contributed by atoms with Crippen LogP contribution in [-0.2, 0) is 17.9 Å². The first-order valence-electron chi connectivity index (χ1n) is 12.2. The maximum absolute atomic E-state index is 14.2. The quantitative estimate of drug-likeness (QED) is 0.471. The Labute approximate surface area is 207 Å². The van der Waals surface area contributed by atoms with Gasteiger partial charge in [0, 0.05) is 30.0 Å². The Balaban J connectivity index is 1.43. The number of nitrogens with zero attached hydrogens (tertiary/aromatic N) is 4. The normalized spacial score (nSPS) is 21.4. The van der Waals surface area contributed by atoms with Gasteiger partial charge in [0.05, 0.1) is 24.3 Å². The van der Waals surface area contributed by atoms with E-state index in [0.29, 0.717) is 34.2 Å². The lowest BCUT2D eigenvalue weighted by molar-refractivity contribution is -0.122. The predicted octanol–water partition coefficient (Wildman–Crippen LogP) is 4.59. The van der Waals surface area contributed by atoms with Gasteiger partial charge in [0.1, 0.15) is 5.01 Å². The lowest BCUT2D eigenvalue weighted by Gasteiger charge is -2.30. The van der Waals surface area contributed by atoms with Crippen LogP contribution in [0.3, 0.4) is 0 Å². The van der Waals surface area contributed by atoms with Gasteiger partial charge in [-0.05, 0) is 63.5 Å². The Morgan fingerprint density at radius 1 is 1.26 bits per heavy atom. The molecular formula is C25H32F2N6OS. The Hall–Kier alpha value is -2.59. The summed E-state index contributed by atoms with van der Waals surface area (Å²) in [6.45, 7) is 4.91. The number of fused-ring (bicyclic) bond motifs is 1. The van der Waals surface area contributed by atoms with Crippen molar-refractivity contribution in [1.29, 1.82) is 0 Å². The number of likely N-dealkylation sites (tertiary alicyclic amines) is 1. The van der Waals surface area contributed by atoms with Crippen LogP contribution in [0.5, 0.6) is 0 Å². The molecule has 1 aromatic carbocycles. The summed E-state index contributed by atoms with van der Waals surface area (Å²) in [5, 5.41) is 17.2. The van der Waals surface area contributed by atoms with Crippen LogP contribution < -0.4 is 10.6 Å². The first-order chi connectivity index (χ1) is 16.7. The van der Waals surface area contributed by atoms with E-state index >= 15 is 0 Å². The van der Waals surface area contributed by atoms with E-state index in [9.17, 15) is 13.6 Å². The summed E-state index contributed by atoms with van der Waals surface area (Å²) in [6, 6.07) is 8.09. The maximum atomic E-state index is 14.2. The molecule has 0 bridgehead atoms. The highest BCUT2D eigenvalue weighted by Crippen LogP contribution is 2.38. The molecule has 2 atom stereocenters. The fourth-order valence-electron chi connectivity index (χ4n) is 4.82. The van der Waals surface area contributed by atoms with Crippen molar-refractivity contribution in [2.45, 2.75) is 58.2 Å². The molecule has 3 aromatic rings. The topological polar surface area (TPSA) is 75.1 Å². The lowest BCUT2D eigenvalue weighted by atomic mass is 10.0. The molecule has 1 aliphatic heterocycles. The highest BCUT2D eigenvalue weighted by molar-refractivity contribution is 7.14. The fourth-order valence-corrected chi connectivity index (χ4v) is 5.62. The number of hydrogen-bond donors (Lipinski definition) is 2. The van der Waals surface area contributed by atoms with Crippen molar-refractivity contribution in [2.75, 3.05) is 25.5 Å². The number of nitrogens with one attached hydrogen (secondary N) is 2. The number of halogens is 2. The summed E-state index contributed by atoms with van der Waals surface area (Å²) >= 11 is 1.33. The molecule has 5 rings (SSSR count). The van der Waals surface area contributed by atoms with Crippen molar-refractivity contribution >= 4 is 33.8 Å². The average molecular weight is 503 g/mol. The van der Waals surface area contributed by atoms with Crippen LogP contribution in [0, 0.1) is 11.8 Å². The second-order valence-electron chi connectivity index (χ2n) is 10.2. The first-order valence-corrected chi connectivity index (χ1v) is 13.1. The van der Waals surface area contributed by atoms with Crippen molar-refractivity contribution < 1.29 is 13.6 Å². The third kappa shape index (κ3) is 5.48. The number of benzene rings is 1. The first kappa shape index (κ1) is 24.1. The molecule has 10 heteroatoms. The number of anilines is 1. The van der Waals surface area contributed by atoms with Gasteiger partial charge in [-0.25, -0.2) is 8.78 Å². The fraction of sp³-hybridized carbons (Fsp3) is 0.560. The monoisotopic (exact) mass is 502 g/mol. The molecule has 2 aromatic heterocycles. The molecular weight excluding hydrogens is 470 g/mol. The maximum Gasteiger partial charge on any atom is 0.262 e. The molecule has 7 nitrogen and oxygen atoms in total. The number of alkyl halides is 2. The smallest absolute Gasteiger partial charge is 0.262 e. The van der Waals surface area contributed by atoms with Crippen LogP contribution in [0.25, 0.3) is 21.6 Å². The molecule has 0 spiro atoms. The van der Waals surface area contributed by atoms with Crippen molar-refractivity contribution in [3.63, 3.8) is 0 Å². The van der Waals surface area contributed by atoms with Crippen LogP contribution >= 0.6 is 11.3 Å². The SMILES string of the molecule is C[C@@H]1C[C@H]1C(=O)NCc1nnc(-c2cc3c(NC4CCN(C)CC4)cccc3n2CC(C)(F)F)s1. The molecule has 0 unspecified atom stereocenters. The van der Waals surface area contributed by atoms with Gasteiger partial charge in [0.15, 0.2) is 5.01 Å². The van der Waals surface area contributed by atoms with Crippen LogP contribution in [0.4, 0.5) is 14.5 Å². The van der Waals surface area contributed by atoms with Gasteiger partial charge < -0.3 is 20.1 Å². The minimum Gasteiger partial charge on any atom is -0.382 e. The summed E-state index contributed by atoms with van der Waals surface area (Å²) < 4.78 is 30.1. The van der Waals surface area contributed by atoms with Gasteiger partial charge in [0.2, 0.25) is 5.91 Å². The molecule has 1 saturated heterocycles. The number of aromatic nitrogens is 3. The minimum atomic E-state index is -2.89. The number of amides is 1. The number of rotatable bonds is 8. The third-order valence-corrected chi connectivity index (χ3v) is 7.95. The predicted molar refractivity (Wildman–Crippen MR) is 135 cm³/mol. The van der Waals surface area contributed by atoms with Crippen LogP contribution in [-0.4, -0.2) is 57.7 Å². The van der Waals surface area contributed by atoms with Gasteiger partial charge in [-0.1, -0.05) is 24.3 Å². The lowest BCUT2D eigenvalue weighted by Crippen LogP contribution is -2.36. The van der Waals surface area contributed by atoms with Gasteiger partial charge in [-0.2, -0.15) is 0 Å². The Kier molecular flexibility index (Phi) is 6.52. The second-order valence-corrected chi connectivity index (χ2v) is 11.2. The summed E-state index contributed by atoms with van der Waals surface area (Å²) in [6.07, 6.45) is 3.00. The number of hydrogen-bond acceptors (Lipinski definition) is 6. The van der Waals surface area contributed by atoms with E-state index in [1.165, 1.54) is 11.3 Å². The molecule has 35 heavy (non-hydrogen) atoms. The zero-order valence-corrected chi connectivity index (χ0v) is 21.2. The van der Waals surface area contributed by atoms with Crippen LogP contribution in [0.15, 0.2) is 24.3 Å². The number of carbonyl (C=O) groups is 1. The number of piperidine rings is 1. The Morgan fingerprint density at radius 3 is 2.69 bits per heavy atom. The summed E-state index contributed by atoms with van der Waals surface area (Å²) in [7, 11) is 2.13. The zero-order valence-electron chi connectivity index (χ0n) is 20.4. The van der Waals surface area contributed by atoms with Crippen LogP contribution in [0.2, 0.25) is 0 Å².